The van der Waals surface area contributed by atoms with Crippen molar-refractivity contribution in [2.45, 2.75) is 19.4 Å². The van der Waals surface area contributed by atoms with Crippen LogP contribution in [-0.2, 0) is 6.42 Å². The van der Waals surface area contributed by atoms with E-state index in [2.05, 4.69) is 0 Å². The number of aliphatic hydroxyl groups is 1. The van der Waals surface area contributed by atoms with Crippen LogP contribution in [0.3, 0.4) is 0 Å². The fourth-order valence-corrected chi connectivity index (χ4v) is 2.00. The molecule has 0 spiro atoms. The average Bonchev–Trinajstić information content (AvgIpc) is 2.35. The van der Waals surface area contributed by atoms with E-state index in [4.69, 9.17) is 11.6 Å². The lowest BCUT2D eigenvalue weighted by Crippen LogP contribution is -2.03. The zero-order valence-corrected chi connectivity index (χ0v) is 10.8. The minimum atomic E-state index is -0.750. The van der Waals surface area contributed by atoms with Crippen LogP contribution >= 0.6 is 11.6 Å². The van der Waals surface area contributed by atoms with E-state index in [1.807, 2.05) is 19.1 Å². The first-order chi connectivity index (χ1) is 8.58. The standard InChI is InChI=1S/C15H14ClFO/c1-10-6-7-12(8-13(10)16)15(18)9-11-4-2-3-5-14(11)17/h2-8,15,18H,9H2,1H3. The van der Waals surface area contributed by atoms with Crippen molar-refractivity contribution < 1.29 is 9.50 Å². The summed E-state index contributed by atoms with van der Waals surface area (Å²) in [6.07, 6.45) is -0.508. The maximum Gasteiger partial charge on any atom is 0.126 e. The quantitative estimate of drug-likeness (QED) is 0.886. The van der Waals surface area contributed by atoms with Crippen LogP contribution in [0, 0.1) is 12.7 Å². The maximum absolute atomic E-state index is 13.5. The van der Waals surface area contributed by atoms with Gasteiger partial charge < -0.3 is 5.11 Å². The van der Waals surface area contributed by atoms with Crippen LogP contribution in [0.1, 0.15) is 22.8 Å². The normalized spacial score (nSPS) is 12.4. The lowest BCUT2D eigenvalue weighted by molar-refractivity contribution is 0.177. The van der Waals surface area contributed by atoms with Crippen molar-refractivity contribution in [3.63, 3.8) is 0 Å². The molecule has 2 aromatic carbocycles. The number of aliphatic hydroxyl groups excluding tert-OH is 1. The molecule has 0 aliphatic carbocycles. The number of aryl methyl sites for hydroxylation is 1. The van der Waals surface area contributed by atoms with Crippen molar-refractivity contribution in [2.75, 3.05) is 0 Å². The van der Waals surface area contributed by atoms with Crippen molar-refractivity contribution in [2.24, 2.45) is 0 Å². The van der Waals surface area contributed by atoms with Crippen LogP contribution in [-0.4, -0.2) is 5.11 Å². The maximum atomic E-state index is 13.5. The highest BCUT2D eigenvalue weighted by atomic mass is 35.5. The van der Waals surface area contributed by atoms with Gasteiger partial charge in [-0.05, 0) is 35.7 Å². The van der Waals surface area contributed by atoms with Crippen LogP contribution in [0.15, 0.2) is 42.5 Å². The van der Waals surface area contributed by atoms with Crippen molar-refractivity contribution in [1.29, 1.82) is 0 Å². The van der Waals surface area contributed by atoms with Crippen LogP contribution in [0.5, 0.6) is 0 Å². The third kappa shape index (κ3) is 2.89. The van der Waals surface area contributed by atoms with Crippen LogP contribution < -0.4 is 0 Å². The molecule has 0 bridgehead atoms. The predicted octanol–water partition coefficient (Wildman–Crippen LogP) is 4.06. The van der Waals surface area contributed by atoms with Gasteiger partial charge in [-0.1, -0.05) is 41.9 Å². The highest BCUT2D eigenvalue weighted by molar-refractivity contribution is 6.31. The molecule has 2 aromatic rings. The number of halogens is 2. The Morgan fingerprint density at radius 3 is 2.61 bits per heavy atom. The first-order valence-corrected chi connectivity index (χ1v) is 6.13. The smallest absolute Gasteiger partial charge is 0.126 e. The van der Waals surface area contributed by atoms with Crippen LogP contribution in [0.2, 0.25) is 5.02 Å². The molecule has 0 radical (unpaired) electrons. The minimum absolute atomic E-state index is 0.242. The van der Waals surface area contributed by atoms with Gasteiger partial charge in [0, 0.05) is 11.4 Å². The first kappa shape index (κ1) is 13.1. The molecular weight excluding hydrogens is 251 g/mol. The Kier molecular flexibility index (Phi) is 4.00. The summed E-state index contributed by atoms with van der Waals surface area (Å²) in [5, 5.41) is 10.7. The molecule has 0 aliphatic rings. The third-order valence-corrected chi connectivity index (χ3v) is 3.36. The molecule has 1 N–H and O–H groups in total. The van der Waals surface area contributed by atoms with Gasteiger partial charge in [0.05, 0.1) is 6.10 Å². The average molecular weight is 265 g/mol. The number of hydrogen-bond acceptors (Lipinski definition) is 1. The van der Waals surface area contributed by atoms with Gasteiger partial charge in [-0.15, -0.1) is 0 Å². The third-order valence-electron chi connectivity index (χ3n) is 2.95. The Morgan fingerprint density at radius 2 is 1.94 bits per heavy atom. The Bertz CT molecular complexity index is 554. The largest absolute Gasteiger partial charge is 0.388 e. The van der Waals surface area contributed by atoms with E-state index in [-0.39, 0.29) is 12.2 Å². The van der Waals surface area contributed by atoms with Gasteiger partial charge in [0.25, 0.3) is 0 Å². The van der Waals surface area contributed by atoms with Crippen molar-refractivity contribution in [3.8, 4) is 0 Å². The molecule has 0 saturated carbocycles. The summed E-state index contributed by atoms with van der Waals surface area (Å²) in [6.45, 7) is 1.90. The summed E-state index contributed by atoms with van der Waals surface area (Å²) >= 11 is 6.01. The molecule has 0 aliphatic heterocycles. The molecule has 0 heterocycles. The Morgan fingerprint density at radius 1 is 1.22 bits per heavy atom. The Hall–Kier alpha value is -1.38. The van der Waals surface area contributed by atoms with E-state index in [9.17, 15) is 9.50 Å². The molecule has 0 fully saturated rings. The summed E-state index contributed by atoms with van der Waals surface area (Å²) in [6, 6.07) is 11.8. The second-order valence-corrected chi connectivity index (χ2v) is 4.73. The monoisotopic (exact) mass is 264 g/mol. The van der Waals surface area contributed by atoms with Gasteiger partial charge in [0.15, 0.2) is 0 Å². The predicted molar refractivity (Wildman–Crippen MR) is 71.3 cm³/mol. The van der Waals surface area contributed by atoms with Gasteiger partial charge in [0.1, 0.15) is 5.82 Å². The summed E-state index contributed by atoms with van der Waals surface area (Å²) in [5.74, 6) is -0.297. The van der Waals surface area contributed by atoms with E-state index in [1.165, 1.54) is 6.07 Å². The lowest BCUT2D eigenvalue weighted by atomic mass is 10.0. The fraction of sp³-hybridized carbons (Fsp3) is 0.200. The molecule has 0 saturated heterocycles. The summed E-state index contributed by atoms with van der Waals surface area (Å²) in [7, 11) is 0. The van der Waals surface area contributed by atoms with Crippen molar-refractivity contribution in [3.05, 3.63) is 70.0 Å². The second kappa shape index (κ2) is 5.51. The van der Waals surface area contributed by atoms with Crippen molar-refractivity contribution in [1.82, 2.24) is 0 Å². The highest BCUT2D eigenvalue weighted by Crippen LogP contribution is 2.24. The molecule has 0 amide bonds. The summed E-state index contributed by atoms with van der Waals surface area (Å²) in [5.41, 5.74) is 2.16. The van der Waals surface area contributed by atoms with Gasteiger partial charge in [0.2, 0.25) is 0 Å². The molecule has 3 heteroatoms. The van der Waals surface area contributed by atoms with Crippen LogP contribution in [0.4, 0.5) is 4.39 Å². The number of rotatable bonds is 3. The summed E-state index contributed by atoms with van der Waals surface area (Å²) in [4.78, 5) is 0. The highest BCUT2D eigenvalue weighted by Gasteiger charge is 2.12. The molecule has 18 heavy (non-hydrogen) atoms. The van der Waals surface area contributed by atoms with E-state index in [0.29, 0.717) is 16.1 Å². The van der Waals surface area contributed by atoms with E-state index in [0.717, 1.165) is 5.56 Å². The Labute approximate surface area is 111 Å². The van der Waals surface area contributed by atoms with Gasteiger partial charge in [-0.25, -0.2) is 4.39 Å². The SMILES string of the molecule is Cc1ccc(C(O)Cc2ccccc2F)cc1Cl. The number of hydrogen-bond donors (Lipinski definition) is 1. The molecule has 1 unspecified atom stereocenters. The number of benzene rings is 2. The van der Waals surface area contributed by atoms with Gasteiger partial charge in [-0.2, -0.15) is 0 Å². The molecule has 94 valence electrons. The first-order valence-electron chi connectivity index (χ1n) is 5.75. The van der Waals surface area contributed by atoms with Gasteiger partial charge in [-0.3, -0.25) is 0 Å². The zero-order valence-electron chi connectivity index (χ0n) is 10.0. The Balaban J connectivity index is 2.19. The van der Waals surface area contributed by atoms with E-state index in [1.54, 1.807) is 24.3 Å². The molecule has 1 nitrogen and oxygen atoms in total. The molecule has 2 rings (SSSR count). The van der Waals surface area contributed by atoms with Gasteiger partial charge >= 0.3 is 0 Å². The zero-order chi connectivity index (χ0) is 13.1. The molecular formula is C15H14ClFO. The summed E-state index contributed by atoms with van der Waals surface area (Å²) < 4.78 is 13.5. The van der Waals surface area contributed by atoms with Crippen molar-refractivity contribution >= 4 is 11.6 Å². The minimum Gasteiger partial charge on any atom is -0.388 e. The second-order valence-electron chi connectivity index (χ2n) is 4.32. The van der Waals surface area contributed by atoms with E-state index >= 15 is 0 Å². The lowest BCUT2D eigenvalue weighted by Gasteiger charge is -2.12. The molecule has 1 atom stereocenters. The molecule has 0 aromatic heterocycles. The van der Waals surface area contributed by atoms with E-state index < -0.39 is 6.10 Å². The topological polar surface area (TPSA) is 20.2 Å². The van der Waals surface area contributed by atoms with Crippen LogP contribution in [0.25, 0.3) is 0 Å². The fourth-order valence-electron chi connectivity index (χ4n) is 1.81.